The minimum Gasteiger partial charge on any atom is -0.324 e. The van der Waals surface area contributed by atoms with E-state index >= 15 is 4.39 Å². The maximum Gasteiger partial charge on any atom is 0.279 e. The van der Waals surface area contributed by atoms with Crippen molar-refractivity contribution < 1.29 is 18.4 Å². The van der Waals surface area contributed by atoms with Gasteiger partial charge in [-0.15, -0.1) is 0 Å². The highest BCUT2D eigenvalue weighted by Gasteiger charge is 2.35. The van der Waals surface area contributed by atoms with E-state index in [1.165, 1.54) is 66.0 Å². The van der Waals surface area contributed by atoms with Gasteiger partial charge >= 0.3 is 0 Å². The van der Waals surface area contributed by atoms with Crippen LogP contribution in [0, 0.1) is 18.6 Å². The first-order valence-electron chi connectivity index (χ1n) is 10.4. The molecule has 0 bridgehead atoms. The fourth-order valence-corrected chi connectivity index (χ4v) is 3.46. The third-order valence-corrected chi connectivity index (χ3v) is 5.13. The van der Waals surface area contributed by atoms with E-state index in [-0.39, 0.29) is 11.3 Å². The lowest BCUT2D eigenvalue weighted by molar-refractivity contribution is -0.117. The Balaban J connectivity index is 1.85. The molecule has 0 unspecified atom stereocenters. The molecule has 3 aromatic carbocycles. The highest BCUT2D eigenvalue weighted by molar-refractivity contribution is 6.11. The molecule has 34 heavy (non-hydrogen) atoms. The molecule has 0 aliphatic carbocycles. The van der Waals surface area contributed by atoms with Crippen molar-refractivity contribution in [2.45, 2.75) is 13.0 Å². The summed E-state index contributed by atoms with van der Waals surface area (Å²) in [4.78, 5) is 36.4. The lowest BCUT2D eigenvalue weighted by atomic mass is 10.0. The SMILES string of the molecule is Cc1ccc(N(C(=O)c2cnccn2)[C@H](C(=O)Nc2ccc(F)cc2)c2ccccc2F)cc1. The number of rotatable bonds is 6. The molecule has 6 nitrogen and oxygen atoms in total. The second kappa shape index (κ2) is 9.99. The molecule has 0 fully saturated rings. The van der Waals surface area contributed by atoms with Crippen molar-refractivity contribution in [3.05, 3.63) is 120 Å². The van der Waals surface area contributed by atoms with Crippen LogP contribution in [0.4, 0.5) is 20.2 Å². The van der Waals surface area contributed by atoms with Crippen molar-refractivity contribution in [1.82, 2.24) is 9.97 Å². The van der Waals surface area contributed by atoms with Crippen LogP contribution in [0.3, 0.4) is 0 Å². The van der Waals surface area contributed by atoms with Crippen molar-refractivity contribution in [2.24, 2.45) is 0 Å². The van der Waals surface area contributed by atoms with Crippen molar-refractivity contribution >= 4 is 23.2 Å². The maximum atomic E-state index is 15.0. The molecule has 170 valence electrons. The van der Waals surface area contributed by atoms with Crippen LogP contribution >= 0.6 is 0 Å². The zero-order valence-electron chi connectivity index (χ0n) is 18.2. The third-order valence-electron chi connectivity index (χ3n) is 5.13. The largest absolute Gasteiger partial charge is 0.324 e. The Kier molecular flexibility index (Phi) is 6.68. The van der Waals surface area contributed by atoms with Gasteiger partial charge in [0.15, 0.2) is 0 Å². The summed E-state index contributed by atoms with van der Waals surface area (Å²) in [5.74, 6) is -2.46. The summed E-state index contributed by atoms with van der Waals surface area (Å²) < 4.78 is 28.4. The van der Waals surface area contributed by atoms with Gasteiger partial charge in [0.25, 0.3) is 11.8 Å². The number of halogens is 2. The minimum atomic E-state index is -1.40. The van der Waals surface area contributed by atoms with Gasteiger partial charge in [-0.05, 0) is 49.4 Å². The predicted octanol–water partition coefficient (Wildman–Crippen LogP) is 5.09. The first-order chi connectivity index (χ1) is 16.4. The number of aryl methyl sites for hydroxylation is 1. The van der Waals surface area contributed by atoms with Gasteiger partial charge in [-0.3, -0.25) is 19.5 Å². The average molecular weight is 458 g/mol. The highest BCUT2D eigenvalue weighted by Crippen LogP contribution is 2.32. The molecular weight excluding hydrogens is 438 g/mol. The number of nitrogens with zero attached hydrogens (tertiary/aromatic N) is 3. The number of amides is 2. The molecule has 1 N–H and O–H groups in total. The molecule has 2 amide bonds. The van der Waals surface area contributed by atoms with Crippen LogP contribution in [0.5, 0.6) is 0 Å². The van der Waals surface area contributed by atoms with E-state index < -0.39 is 29.5 Å². The van der Waals surface area contributed by atoms with E-state index in [1.54, 1.807) is 30.3 Å². The Bertz CT molecular complexity index is 1300. The van der Waals surface area contributed by atoms with Crippen molar-refractivity contribution in [1.29, 1.82) is 0 Å². The number of aromatic nitrogens is 2. The second-order valence-electron chi connectivity index (χ2n) is 7.52. The Hall–Kier alpha value is -4.46. The molecular formula is C26H20F2N4O2. The van der Waals surface area contributed by atoms with Crippen molar-refractivity contribution in [3.63, 3.8) is 0 Å². The lowest BCUT2D eigenvalue weighted by Crippen LogP contribution is -2.42. The Morgan fingerprint density at radius 2 is 1.62 bits per heavy atom. The first kappa shape index (κ1) is 22.7. The summed E-state index contributed by atoms with van der Waals surface area (Å²) in [6, 6.07) is 16.4. The van der Waals surface area contributed by atoms with Crippen molar-refractivity contribution in [2.75, 3.05) is 10.2 Å². The summed E-state index contributed by atoms with van der Waals surface area (Å²) in [6.45, 7) is 1.88. The number of nitrogens with one attached hydrogen (secondary N) is 1. The second-order valence-corrected chi connectivity index (χ2v) is 7.52. The van der Waals surface area contributed by atoms with Gasteiger partial charge in [-0.1, -0.05) is 35.9 Å². The van der Waals surface area contributed by atoms with Gasteiger partial charge in [-0.25, -0.2) is 13.8 Å². The quantitative estimate of drug-likeness (QED) is 0.437. The Morgan fingerprint density at radius 1 is 0.912 bits per heavy atom. The number of hydrogen-bond acceptors (Lipinski definition) is 4. The van der Waals surface area contributed by atoms with E-state index in [1.807, 2.05) is 6.92 Å². The topological polar surface area (TPSA) is 75.2 Å². The normalized spacial score (nSPS) is 11.5. The Morgan fingerprint density at radius 3 is 2.26 bits per heavy atom. The molecule has 0 saturated heterocycles. The van der Waals surface area contributed by atoms with Crippen LogP contribution in [0.1, 0.15) is 27.7 Å². The molecule has 1 atom stereocenters. The fraction of sp³-hybridized carbons (Fsp3) is 0.0769. The maximum absolute atomic E-state index is 15.0. The number of carbonyl (C=O) groups excluding carboxylic acids is 2. The van der Waals surface area contributed by atoms with Crippen LogP contribution in [0.15, 0.2) is 91.4 Å². The molecule has 1 heterocycles. The van der Waals surface area contributed by atoms with Crippen LogP contribution < -0.4 is 10.2 Å². The van der Waals surface area contributed by atoms with Gasteiger partial charge in [0.05, 0.1) is 6.20 Å². The van der Waals surface area contributed by atoms with E-state index in [9.17, 15) is 14.0 Å². The summed E-state index contributed by atoms with van der Waals surface area (Å²) in [7, 11) is 0. The Labute approximate surface area is 194 Å². The van der Waals surface area contributed by atoms with E-state index in [2.05, 4.69) is 15.3 Å². The first-order valence-corrected chi connectivity index (χ1v) is 10.4. The number of hydrogen-bond donors (Lipinski definition) is 1. The summed E-state index contributed by atoms with van der Waals surface area (Å²) in [6.07, 6.45) is 4.06. The smallest absolute Gasteiger partial charge is 0.279 e. The molecule has 0 aliphatic rings. The average Bonchev–Trinajstić information content (AvgIpc) is 2.85. The van der Waals surface area contributed by atoms with Crippen LogP contribution in [-0.2, 0) is 4.79 Å². The van der Waals surface area contributed by atoms with E-state index in [4.69, 9.17) is 0 Å². The van der Waals surface area contributed by atoms with Gasteiger partial charge in [-0.2, -0.15) is 0 Å². The zero-order valence-corrected chi connectivity index (χ0v) is 18.2. The lowest BCUT2D eigenvalue weighted by Gasteiger charge is -2.31. The van der Waals surface area contributed by atoms with Gasteiger partial charge in [0, 0.05) is 29.3 Å². The molecule has 0 aliphatic heterocycles. The standard InChI is InChI=1S/C26H20F2N4O2/c1-17-6-12-20(13-7-17)32(26(34)23-16-29-14-15-30-23)24(21-4-2-3-5-22(21)28)25(33)31-19-10-8-18(27)9-11-19/h2-16,24H,1H3,(H,31,33)/t24-/m0/s1. The zero-order chi connectivity index (χ0) is 24.1. The summed E-state index contributed by atoms with van der Waals surface area (Å²) in [5, 5.41) is 2.66. The molecule has 4 aromatic rings. The molecule has 8 heteroatoms. The van der Waals surface area contributed by atoms with Gasteiger partial charge in [0.2, 0.25) is 0 Å². The van der Waals surface area contributed by atoms with Gasteiger partial charge in [0.1, 0.15) is 23.4 Å². The molecule has 0 radical (unpaired) electrons. The summed E-state index contributed by atoms with van der Waals surface area (Å²) in [5.41, 5.74) is 1.57. The molecule has 4 rings (SSSR count). The van der Waals surface area contributed by atoms with Crippen LogP contribution in [0.25, 0.3) is 0 Å². The minimum absolute atomic E-state index is 0.0140. The molecule has 0 spiro atoms. The monoisotopic (exact) mass is 458 g/mol. The third kappa shape index (κ3) is 4.96. The van der Waals surface area contributed by atoms with Crippen molar-refractivity contribution in [3.8, 4) is 0 Å². The van der Waals surface area contributed by atoms with Crippen LogP contribution in [-0.4, -0.2) is 21.8 Å². The summed E-state index contributed by atoms with van der Waals surface area (Å²) >= 11 is 0. The van der Waals surface area contributed by atoms with E-state index in [0.29, 0.717) is 11.4 Å². The fourth-order valence-electron chi connectivity index (χ4n) is 3.46. The molecule has 1 aromatic heterocycles. The van der Waals surface area contributed by atoms with Gasteiger partial charge < -0.3 is 5.32 Å². The van der Waals surface area contributed by atoms with Crippen LogP contribution in [0.2, 0.25) is 0 Å². The highest BCUT2D eigenvalue weighted by atomic mass is 19.1. The molecule has 0 saturated carbocycles. The number of benzene rings is 3. The predicted molar refractivity (Wildman–Crippen MR) is 124 cm³/mol. The van der Waals surface area contributed by atoms with E-state index in [0.717, 1.165) is 5.56 Å². The number of carbonyl (C=O) groups is 2. The number of anilines is 2.